The number of nitrogens with zero attached hydrogens (tertiary/aromatic N) is 1. The molecule has 0 aliphatic rings. The van der Waals surface area contributed by atoms with Gasteiger partial charge >= 0.3 is 0 Å². The van der Waals surface area contributed by atoms with Crippen LogP contribution in [0.1, 0.15) is 29.8 Å². The van der Waals surface area contributed by atoms with E-state index in [4.69, 9.17) is 10.8 Å². The van der Waals surface area contributed by atoms with Gasteiger partial charge in [-0.3, -0.25) is 4.79 Å². The fourth-order valence-electron chi connectivity index (χ4n) is 1.25. The third-order valence-corrected chi connectivity index (χ3v) is 2.14. The number of nitrogens with one attached hydrogen (secondary N) is 1. The average Bonchev–Trinajstić information content (AvgIpc) is 2.29. The zero-order valence-electron chi connectivity index (χ0n) is 9.15. The number of aliphatic hydroxyl groups excluding tert-OH is 1. The third kappa shape index (κ3) is 4.27. The Morgan fingerprint density at radius 2 is 2.19 bits per heavy atom. The Kier molecular flexibility index (Phi) is 5.28. The van der Waals surface area contributed by atoms with E-state index in [1.807, 2.05) is 0 Å². The molecule has 0 atom stereocenters. The molecule has 4 N–H and O–H groups in total. The van der Waals surface area contributed by atoms with Crippen molar-refractivity contribution in [2.45, 2.75) is 19.3 Å². The van der Waals surface area contributed by atoms with Gasteiger partial charge in [-0.1, -0.05) is 0 Å². The lowest BCUT2D eigenvalue weighted by Gasteiger charge is -2.04. The van der Waals surface area contributed by atoms with E-state index in [0.29, 0.717) is 17.9 Å². The van der Waals surface area contributed by atoms with Crippen LogP contribution in [0.2, 0.25) is 0 Å². The van der Waals surface area contributed by atoms with Crippen LogP contribution in [0.5, 0.6) is 0 Å². The molecule has 5 heteroatoms. The van der Waals surface area contributed by atoms with Gasteiger partial charge in [0.25, 0.3) is 5.91 Å². The Labute approximate surface area is 94.7 Å². The van der Waals surface area contributed by atoms with Crippen molar-refractivity contribution in [2.75, 3.05) is 18.9 Å². The Balaban J connectivity index is 2.27. The lowest BCUT2D eigenvalue weighted by atomic mass is 10.2. The van der Waals surface area contributed by atoms with Gasteiger partial charge in [0.05, 0.1) is 11.9 Å². The Bertz CT molecular complexity index is 325. The Morgan fingerprint density at radius 1 is 1.38 bits per heavy atom. The maximum atomic E-state index is 11.5. The molecule has 0 saturated heterocycles. The fraction of sp³-hybridized carbons (Fsp3) is 0.455. The maximum Gasteiger partial charge on any atom is 0.269 e. The van der Waals surface area contributed by atoms with Crippen LogP contribution in [0.4, 0.5) is 5.69 Å². The zero-order valence-corrected chi connectivity index (χ0v) is 9.15. The van der Waals surface area contributed by atoms with Crippen LogP contribution in [-0.4, -0.2) is 29.1 Å². The van der Waals surface area contributed by atoms with Gasteiger partial charge in [0.15, 0.2) is 0 Å². The van der Waals surface area contributed by atoms with Crippen molar-refractivity contribution >= 4 is 11.6 Å². The van der Waals surface area contributed by atoms with Crippen molar-refractivity contribution in [3.63, 3.8) is 0 Å². The highest BCUT2D eigenvalue weighted by atomic mass is 16.2. The molecule has 0 aliphatic carbocycles. The van der Waals surface area contributed by atoms with Crippen LogP contribution in [0.15, 0.2) is 18.3 Å². The number of carbonyl (C=O) groups is 1. The summed E-state index contributed by atoms with van der Waals surface area (Å²) in [6, 6.07) is 3.24. The summed E-state index contributed by atoms with van der Waals surface area (Å²) in [5.74, 6) is -0.191. The summed E-state index contributed by atoms with van der Waals surface area (Å²) in [5, 5.41) is 11.3. The van der Waals surface area contributed by atoms with Crippen molar-refractivity contribution in [1.29, 1.82) is 0 Å². The summed E-state index contributed by atoms with van der Waals surface area (Å²) in [7, 11) is 0. The maximum absolute atomic E-state index is 11.5. The van der Waals surface area contributed by atoms with E-state index >= 15 is 0 Å². The van der Waals surface area contributed by atoms with Gasteiger partial charge in [-0.25, -0.2) is 4.98 Å². The van der Waals surface area contributed by atoms with Crippen LogP contribution < -0.4 is 11.1 Å². The fourth-order valence-corrected chi connectivity index (χ4v) is 1.25. The topological polar surface area (TPSA) is 88.2 Å². The normalized spacial score (nSPS) is 10.1. The van der Waals surface area contributed by atoms with E-state index in [1.54, 1.807) is 12.1 Å². The minimum Gasteiger partial charge on any atom is -0.397 e. The van der Waals surface area contributed by atoms with Gasteiger partial charge in [-0.05, 0) is 31.4 Å². The quantitative estimate of drug-likeness (QED) is 0.615. The van der Waals surface area contributed by atoms with Gasteiger partial charge < -0.3 is 16.2 Å². The Morgan fingerprint density at radius 3 is 2.81 bits per heavy atom. The largest absolute Gasteiger partial charge is 0.397 e. The van der Waals surface area contributed by atoms with E-state index in [-0.39, 0.29) is 12.5 Å². The third-order valence-electron chi connectivity index (χ3n) is 2.14. The van der Waals surface area contributed by atoms with Crippen molar-refractivity contribution in [1.82, 2.24) is 10.3 Å². The summed E-state index contributed by atoms with van der Waals surface area (Å²) < 4.78 is 0. The first kappa shape index (κ1) is 12.4. The molecule has 1 aromatic heterocycles. The van der Waals surface area contributed by atoms with E-state index in [1.165, 1.54) is 6.20 Å². The van der Waals surface area contributed by atoms with Gasteiger partial charge in [0.1, 0.15) is 5.69 Å². The predicted molar refractivity (Wildman–Crippen MR) is 61.9 cm³/mol. The lowest BCUT2D eigenvalue weighted by molar-refractivity contribution is 0.0948. The van der Waals surface area contributed by atoms with Crippen LogP contribution in [0.25, 0.3) is 0 Å². The van der Waals surface area contributed by atoms with Crippen LogP contribution in [0, 0.1) is 0 Å². The number of aliphatic hydroxyl groups is 1. The number of nitrogen functional groups attached to an aromatic ring is 1. The molecule has 0 fully saturated rings. The SMILES string of the molecule is Nc1ccc(C(=O)NCCCCCO)nc1. The molecule has 0 radical (unpaired) electrons. The number of aromatic nitrogens is 1. The zero-order chi connectivity index (χ0) is 11.8. The number of nitrogens with two attached hydrogens (primary N) is 1. The second kappa shape index (κ2) is 6.79. The molecule has 0 bridgehead atoms. The number of unbranched alkanes of at least 4 members (excludes halogenated alkanes) is 2. The standard InChI is InChI=1S/C11H17N3O2/c12-9-4-5-10(14-8-9)11(16)13-6-2-1-3-7-15/h4-5,8,15H,1-3,6-7,12H2,(H,13,16). The minimum atomic E-state index is -0.191. The average molecular weight is 223 g/mol. The molecule has 1 heterocycles. The molecule has 16 heavy (non-hydrogen) atoms. The molecule has 5 nitrogen and oxygen atoms in total. The van der Waals surface area contributed by atoms with E-state index < -0.39 is 0 Å². The summed E-state index contributed by atoms with van der Waals surface area (Å²) in [4.78, 5) is 15.4. The second-order valence-corrected chi connectivity index (χ2v) is 3.52. The first-order valence-electron chi connectivity index (χ1n) is 5.34. The minimum absolute atomic E-state index is 0.191. The predicted octanol–water partition coefficient (Wildman–Crippen LogP) is 0.556. The number of pyridine rings is 1. The Hall–Kier alpha value is -1.62. The van der Waals surface area contributed by atoms with Crippen LogP contribution in [0.3, 0.4) is 0 Å². The smallest absolute Gasteiger partial charge is 0.269 e. The number of carbonyl (C=O) groups excluding carboxylic acids is 1. The van der Waals surface area contributed by atoms with E-state index in [2.05, 4.69) is 10.3 Å². The van der Waals surface area contributed by atoms with Gasteiger partial charge in [0.2, 0.25) is 0 Å². The monoisotopic (exact) mass is 223 g/mol. The summed E-state index contributed by atoms with van der Waals surface area (Å²) in [6.07, 6.45) is 4.00. The number of rotatable bonds is 6. The lowest BCUT2D eigenvalue weighted by Crippen LogP contribution is -2.25. The number of anilines is 1. The molecule has 88 valence electrons. The molecule has 0 aromatic carbocycles. The highest BCUT2D eigenvalue weighted by Gasteiger charge is 2.04. The first-order chi connectivity index (χ1) is 7.74. The van der Waals surface area contributed by atoms with E-state index in [9.17, 15) is 4.79 Å². The summed E-state index contributed by atoms with van der Waals surface area (Å²) in [6.45, 7) is 0.804. The van der Waals surface area contributed by atoms with Crippen LogP contribution >= 0.6 is 0 Å². The van der Waals surface area contributed by atoms with Crippen molar-refractivity contribution in [2.24, 2.45) is 0 Å². The molecular weight excluding hydrogens is 206 g/mol. The highest BCUT2D eigenvalue weighted by molar-refractivity contribution is 5.92. The molecule has 1 amide bonds. The highest BCUT2D eigenvalue weighted by Crippen LogP contribution is 2.01. The molecule has 0 spiro atoms. The molecule has 1 aromatic rings. The van der Waals surface area contributed by atoms with Crippen molar-refractivity contribution in [3.8, 4) is 0 Å². The van der Waals surface area contributed by atoms with E-state index in [0.717, 1.165) is 19.3 Å². The summed E-state index contributed by atoms with van der Waals surface area (Å²) in [5.41, 5.74) is 6.38. The number of amides is 1. The molecule has 0 aliphatic heterocycles. The van der Waals surface area contributed by atoms with Gasteiger partial charge in [0, 0.05) is 13.2 Å². The second-order valence-electron chi connectivity index (χ2n) is 3.52. The molecule has 0 saturated carbocycles. The molecule has 1 rings (SSSR count). The number of hydrogen-bond donors (Lipinski definition) is 3. The summed E-state index contributed by atoms with van der Waals surface area (Å²) >= 11 is 0. The van der Waals surface area contributed by atoms with Crippen LogP contribution in [-0.2, 0) is 0 Å². The van der Waals surface area contributed by atoms with Gasteiger partial charge in [-0.2, -0.15) is 0 Å². The first-order valence-corrected chi connectivity index (χ1v) is 5.34. The molecule has 0 unspecified atom stereocenters. The number of hydrogen-bond acceptors (Lipinski definition) is 4. The molecular formula is C11H17N3O2. The van der Waals surface area contributed by atoms with Crippen molar-refractivity contribution in [3.05, 3.63) is 24.0 Å². The van der Waals surface area contributed by atoms with Crippen molar-refractivity contribution < 1.29 is 9.90 Å². The van der Waals surface area contributed by atoms with Gasteiger partial charge in [-0.15, -0.1) is 0 Å².